The average Bonchev–Trinajstić information content (AvgIpc) is 2.93. The minimum atomic E-state index is -3.75. The van der Waals surface area contributed by atoms with Gasteiger partial charge in [-0.2, -0.15) is 0 Å². The van der Waals surface area contributed by atoms with Crippen LogP contribution in [0.15, 0.2) is 70.4 Å². The summed E-state index contributed by atoms with van der Waals surface area (Å²) in [6.07, 6.45) is -0.536. The average molecular weight is 344 g/mol. The van der Waals surface area contributed by atoms with Crippen molar-refractivity contribution in [1.29, 1.82) is 0 Å². The lowest BCUT2D eigenvalue weighted by Crippen LogP contribution is -2.28. The number of sulfone groups is 1. The Kier molecular flexibility index (Phi) is 4.24. The van der Waals surface area contributed by atoms with Crippen LogP contribution in [0.1, 0.15) is 24.3 Å². The van der Waals surface area contributed by atoms with Gasteiger partial charge in [-0.05, 0) is 26.0 Å². The highest BCUT2D eigenvalue weighted by atomic mass is 32.2. The molecule has 0 amide bonds. The summed E-state index contributed by atoms with van der Waals surface area (Å²) < 4.78 is 31.8. The zero-order valence-corrected chi connectivity index (χ0v) is 14.5. The summed E-state index contributed by atoms with van der Waals surface area (Å²) in [4.78, 5) is 1.89. The number of ether oxygens (including phenoxy) is 1. The molecule has 1 aliphatic heterocycles. The molecule has 0 bridgehead atoms. The highest BCUT2D eigenvalue weighted by Gasteiger charge is 2.40. The maximum Gasteiger partial charge on any atom is 0.227 e. The van der Waals surface area contributed by atoms with E-state index in [1.54, 1.807) is 29.2 Å². The molecule has 1 unspecified atom stereocenters. The van der Waals surface area contributed by atoms with Crippen LogP contribution >= 0.6 is 0 Å². The second kappa shape index (κ2) is 6.20. The third kappa shape index (κ3) is 2.73. The van der Waals surface area contributed by atoms with Crippen LogP contribution in [0.4, 0.5) is 0 Å². The van der Waals surface area contributed by atoms with Crippen molar-refractivity contribution in [3.05, 3.63) is 76.6 Å². The first-order valence-electron chi connectivity index (χ1n) is 7.75. The molecule has 0 spiro atoms. The van der Waals surface area contributed by atoms with Crippen molar-refractivity contribution in [3.63, 3.8) is 0 Å². The highest BCUT2D eigenvalue weighted by Crippen LogP contribution is 2.38. The summed E-state index contributed by atoms with van der Waals surface area (Å²) in [6, 6.07) is 16.2. The standard InChI is InChI=1S/C18H20N2O3S/c1-3-20-17(14-7-5-4-6-8-14)23-16(19)18(20)24(21,22)15-11-9-13(2)10-12-15/h4-12,17H,3,19H2,1-2H3. The summed E-state index contributed by atoms with van der Waals surface area (Å²) in [6.45, 7) is 4.25. The SMILES string of the molecule is CCN1C(S(=O)(=O)c2ccc(C)cc2)=C(N)OC1c1ccccc1. The van der Waals surface area contributed by atoms with Crippen LogP contribution in [0.2, 0.25) is 0 Å². The van der Waals surface area contributed by atoms with E-state index in [-0.39, 0.29) is 15.8 Å². The van der Waals surface area contributed by atoms with E-state index in [9.17, 15) is 8.42 Å². The van der Waals surface area contributed by atoms with Gasteiger partial charge >= 0.3 is 0 Å². The van der Waals surface area contributed by atoms with Crippen LogP contribution in [0.5, 0.6) is 0 Å². The largest absolute Gasteiger partial charge is 0.449 e. The Labute approximate surface area is 142 Å². The number of hydrogen-bond donors (Lipinski definition) is 1. The highest BCUT2D eigenvalue weighted by molar-refractivity contribution is 7.95. The number of rotatable bonds is 4. The van der Waals surface area contributed by atoms with Crippen LogP contribution in [0.25, 0.3) is 0 Å². The molecule has 126 valence electrons. The van der Waals surface area contributed by atoms with Gasteiger partial charge < -0.3 is 15.4 Å². The number of aryl methyl sites for hydroxylation is 1. The third-order valence-electron chi connectivity index (χ3n) is 4.00. The van der Waals surface area contributed by atoms with Gasteiger partial charge in [0.2, 0.25) is 21.9 Å². The van der Waals surface area contributed by atoms with E-state index < -0.39 is 16.1 Å². The van der Waals surface area contributed by atoms with E-state index in [1.807, 2.05) is 44.2 Å². The van der Waals surface area contributed by atoms with Crippen molar-refractivity contribution in [2.45, 2.75) is 25.0 Å². The van der Waals surface area contributed by atoms with Crippen LogP contribution in [-0.2, 0) is 14.6 Å². The zero-order chi connectivity index (χ0) is 17.3. The molecule has 6 heteroatoms. The smallest absolute Gasteiger partial charge is 0.227 e. The molecule has 24 heavy (non-hydrogen) atoms. The van der Waals surface area contributed by atoms with E-state index in [2.05, 4.69) is 0 Å². The van der Waals surface area contributed by atoms with E-state index >= 15 is 0 Å². The van der Waals surface area contributed by atoms with Crippen molar-refractivity contribution < 1.29 is 13.2 Å². The first-order chi connectivity index (χ1) is 11.4. The molecule has 0 saturated carbocycles. The summed E-state index contributed by atoms with van der Waals surface area (Å²) in [5.74, 6) is -0.0636. The number of hydrogen-bond acceptors (Lipinski definition) is 5. The minimum absolute atomic E-state index is 0.0303. The Bertz CT molecular complexity index is 859. The fourth-order valence-corrected chi connectivity index (χ4v) is 4.34. The van der Waals surface area contributed by atoms with Gasteiger partial charge in [-0.3, -0.25) is 0 Å². The Balaban J connectivity index is 2.03. The van der Waals surface area contributed by atoms with Crippen LogP contribution in [0, 0.1) is 6.92 Å². The van der Waals surface area contributed by atoms with Crippen molar-refractivity contribution in [3.8, 4) is 0 Å². The Hall–Kier alpha value is -2.47. The molecule has 2 aromatic carbocycles. The van der Waals surface area contributed by atoms with Crippen LogP contribution in [-0.4, -0.2) is 19.9 Å². The van der Waals surface area contributed by atoms with Gasteiger partial charge in [-0.25, -0.2) is 8.42 Å². The molecular formula is C18H20N2O3S. The quantitative estimate of drug-likeness (QED) is 0.923. The molecule has 2 N–H and O–H groups in total. The Morgan fingerprint density at radius 2 is 1.71 bits per heavy atom. The van der Waals surface area contributed by atoms with Gasteiger partial charge in [-0.1, -0.05) is 48.0 Å². The molecule has 3 rings (SSSR count). The predicted octanol–water partition coefficient (Wildman–Crippen LogP) is 2.90. The van der Waals surface area contributed by atoms with Crippen molar-refractivity contribution in [2.24, 2.45) is 5.73 Å². The van der Waals surface area contributed by atoms with Crippen LogP contribution < -0.4 is 5.73 Å². The van der Waals surface area contributed by atoms with Gasteiger partial charge in [0, 0.05) is 12.1 Å². The molecule has 2 aromatic rings. The molecule has 1 atom stereocenters. The van der Waals surface area contributed by atoms with E-state index in [0.29, 0.717) is 6.54 Å². The Morgan fingerprint density at radius 3 is 2.29 bits per heavy atom. The van der Waals surface area contributed by atoms with E-state index in [0.717, 1.165) is 11.1 Å². The molecule has 5 nitrogen and oxygen atoms in total. The maximum absolute atomic E-state index is 13.0. The van der Waals surface area contributed by atoms with Gasteiger partial charge in [0.1, 0.15) is 0 Å². The Morgan fingerprint density at radius 1 is 1.08 bits per heavy atom. The molecule has 0 radical (unpaired) electrons. The second-order valence-corrected chi connectivity index (χ2v) is 7.52. The molecule has 0 fully saturated rings. The summed E-state index contributed by atoms with van der Waals surface area (Å²) in [7, 11) is -3.75. The summed E-state index contributed by atoms with van der Waals surface area (Å²) in [5.41, 5.74) is 7.81. The first-order valence-corrected chi connectivity index (χ1v) is 9.23. The first kappa shape index (κ1) is 16.4. The topological polar surface area (TPSA) is 72.6 Å². The molecule has 0 saturated heterocycles. The zero-order valence-electron chi connectivity index (χ0n) is 13.6. The fraction of sp³-hybridized carbons (Fsp3) is 0.222. The van der Waals surface area contributed by atoms with Crippen LogP contribution in [0.3, 0.4) is 0 Å². The number of nitrogens with zero attached hydrogens (tertiary/aromatic N) is 1. The van der Waals surface area contributed by atoms with Crippen molar-refractivity contribution >= 4 is 9.84 Å². The minimum Gasteiger partial charge on any atom is -0.449 e. The molecule has 1 heterocycles. The summed E-state index contributed by atoms with van der Waals surface area (Å²) >= 11 is 0. The lowest BCUT2D eigenvalue weighted by molar-refractivity contribution is 0.0433. The van der Waals surface area contributed by atoms with Gasteiger partial charge in [0.05, 0.1) is 4.90 Å². The van der Waals surface area contributed by atoms with E-state index in [4.69, 9.17) is 10.5 Å². The normalized spacial score (nSPS) is 17.9. The molecule has 1 aliphatic rings. The van der Waals surface area contributed by atoms with Gasteiger partial charge in [-0.15, -0.1) is 0 Å². The maximum atomic E-state index is 13.0. The fourth-order valence-electron chi connectivity index (χ4n) is 2.77. The number of nitrogens with two attached hydrogens (primary N) is 1. The molecule has 0 aliphatic carbocycles. The third-order valence-corrected chi connectivity index (χ3v) is 5.84. The second-order valence-electron chi connectivity index (χ2n) is 5.65. The van der Waals surface area contributed by atoms with Gasteiger partial charge in [0.25, 0.3) is 0 Å². The molecular weight excluding hydrogens is 324 g/mol. The lowest BCUT2D eigenvalue weighted by atomic mass is 10.2. The van der Waals surface area contributed by atoms with E-state index in [1.165, 1.54) is 0 Å². The molecule has 0 aromatic heterocycles. The van der Waals surface area contributed by atoms with Crippen molar-refractivity contribution in [2.75, 3.05) is 6.54 Å². The monoisotopic (exact) mass is 344 g/mol. The predicted molar refractivity (Wildman–Crippen MR) is 92.2 cm³/mol. The summed E-state index contributed by atoms with van der Waals surface area (Å²) in [5, 5.41) is 0.0303. The van der Waals surface area contributed by atoms with Gasteiger partial charge in [0.15, 0.2) is 5.03 Å². The lowest BCUT2D eigenvalue weighted by Gasteiger charge is -2.25. The number of benzene rings is 2. The van der Waals surface area contributed by atoms with Crippen molar-refractivity contribution in [1.82, 2.24) is 4.90 Å².